The van der Waals surface area contributed by atoms with Crippen molar-refractivity contribution in [2.24, 2.45) is 0 Å². The Morgan fingerprint density at radius 3 is 2.15 bits per heavy atom. The van der Waals surface area contributed by atoms with Gasteiger partial charge in [0.25, 0.3) is 0 Å². The largest absolute Gasteiger partial charge is 0.398 e. The molecule has 0 unspecified atom stereocenters. The van der Waals surface area contributed by atoms with Crippen molar-refractivity contribution >= 4 is 38.9 Å². The maximum absolute atomic E-state index is 11.4. The number of nitrogens with zero attached hydrogens (tertiary/aromatic N) is 2. The van der Waals surface area contributed by atoms with Gasteiger partial charge in [-0.2, -0.15) is 0 Å². The molecule has 0 aliphatic rings. The summed E-state index contributed by atoms with van der Waals surface area (Å²) in [5, 5.41) is 0.348. The maximum Gasteiger partial charge on any atom is 0.196 e. The van der Waals surface area contributed by atoms with E-state index in [4.69, 9.17) is 17.2 Å². The molecule has 0 spiro atoms. The molecule has 0 saturated heterocycles. The molecule has 0 radical (unpaired) electrons. The van der Waals surface area contributed by atoms with Gasteiger partial charge in [-0.05, 0) is 30.0 Å². The monoisotopic (exact) mass is 311 g/mol. The van der Waals surface area contributed by atoms with Crippen LogP contribution < -0.4 is 17.2 Å². The third-order valence-electron chi connectivity index (χ3n) is 2.36. The Kier molecular flexibility index (Phi) is 3.73. The van der Waals surface area contributed by atoms with Crippen LogP contribution in [0, 0.1) is 0 Å². The van der Waals surface area contributed by atoms with E-state index in [1.165, 1.54) is 18.2 Å². The van der Waals surface area contributed by atoms with Gasteiger partial charge in [0.15, 0.2) is 15.0 Å². The minimum atomic E-state index is -3.29. The normalized spacial score (nSPS) is 11.4. The van der Waals surface area contributed by atoms with Crippen LogP contribution in [0.1, 0.15) is 0 Å². The first-order chi connectivity index (χ1) is 9.25. The minimum absolute atomic E-state index is 0.160. The van der Waals surface area contributed by atoms with Crippen molar-refractivity contribution in [3.63, 3.8) is 0 Å². The highest BCUT2D eigenvalue weighted by molar-refractivity contribution is 7.99. The molecule has 1 heterocycles. The van der Waals surface area contributed by atoms with Crippen LogP contribution in [0.3, 0.4) is 0 Å². The van der Waals surface area contributed by atoms with Crippen LogP contribution in [-0.4, -0.2) is 24.6 Å². The molecule has 0 saturated carbocycles. The Hall–Kier alpha value is -2.00. The van der Waals surface area contributed by atoms with E-state index in [9.17, 15) is 8.42 Å². The van der Waals surface area contributed by atoms with Crippen molar-refractivity contribution < 1.29 is 8.42 Å². The molecular weight excluding hydrogens is 298 g/mol. The van der Waals surface area contributed by atoms with Gasteiger partial charge in [-0.3, -0.25) is 0 Å². The van der Waals surface area contributed by atoms with Gasteiger partial charge in [0.2, 0.25) is 0 Å². The van der Waals surface area contributed by atoms with Gasteiger partial charge in [-0.25, -0.2) is 18.4 Å². The summed E-state index contributed by atoms with van der Waals surface area (Å²) in [6.45, 7) is 0. The fraction of sp³-hybridized carbons (Fsp3) is 0.0909. The van der Waals surface area contributed by atoms with Crippen molar-refractivity contribution in [1.82, 2.24) is 9.97 Å². The second-order valence-corrected chi connectivity index (χ2v) is 7.10. The van der Waals surface area contributed by atoms with Gasteiger partial charge in [-0.15, -0.1) is 0 Å². The van der Waals surface area contributed by atoms with Crippen LogP contribution in [0.4, 0.5) is 17.3 Å². The first kappa shape index (κ1) is 14.4. The number of rotatable bonds is 3. The third kappa shape index (κ3) is 3.31. The lowest BCUT2D eigenvalue weighted by molar-refractivity contribution is 0.602. The maximum atomic E-state index is 11.4. The van der Waals surface area contributed by atoms with E-state index in [-0.39, 0.29) is 16.5 Å². The lowest BCUT2D eigenvalue weighted by Crippen LogP contribution is -2.01. The molecule has 2 aromatic rings. The van der Waals surface area contributed by atoms with Crippen molar-refractivity contribution in [2.45, 2.75) is 14.9 Å². The molecule has 1 aromatic heterocycles. The highest BCUT2D eigenvalue weighted by Gasteiger charge is 2.11. The summed E-state index contributed by atoms with van der Waals surface area (Å²) < 4.78 is 22.8. The van der Waals surface area contributed by atoms with Gasteiger partial charge in [0.05, 0.1) is 4.90 Å². The zero-order chi connectivity index (χ0) is 14.9. The number of nitrogens with two attached hydrogens (primary N) is 3. The van der Waals surface area contributed by atoms with Gasteiger partial charge in [0, 0.05) is 22.9 Å². The predicted molar refractivity (Wildman–Crippen MR) is 78.9 cm³/mol. The fourth-order valence-corrected chi connectivity index (χ4v) is 2.92. The van der Waals surface area contributed by atoms with Gasteiger partial charge in [-0.1, -0.05) is 0 Å². The summed E-state index contributed by atoms with van der Waals surface area (Å²) in [7, 11) is -3.29. The summed E-state index contributed by atoms with van der Waals surface area (Å²) in [6, 6.07) is 5.91. The summed E-state index contributed by atoms with van der Waals surface area (Å²) in [6.07, 6.45) is 1.12. The predicted octanol–water partition coefficient (Wildman–Crippen LogP) is 0.778. The highest BCUT2D eigenvalue weighted by atomic mass is 32.2. The van der Waals surface area contributed by atoms with Crippen LogP contribution in [-0.2, 0) is 9.84 Å². The molecule has 6 N–H and O–H groups in total. The summed E-state index contributed by atoms with van der Waals surface area (Å²) in [5.41, 5.74) is 17.3. The smallest absolute Gasteiger partial charge is 0.196 e. The van der Waals surface area contributed by atoms with E-state index in [2.05, 4.69) is 9.97 Å². The molecule has 2 rings (SSSR count). The SMILES string of the molecule is CS(=O)(=O)c1ccc(Sc2nc(N)cc(N)n2)c(N)c1. The molecule has 106 valence electrons. The Morgan fingerprint density at radius 2 is 1.65 bits per heavy atom. The Morgan fingerprint density at radius 1 is 1.05 bits per heavy atom. The number of sulfone groups is 1. The molecule has 0 fully saturated rings. The first-order valence-electron chi connectivity index (χ1n) is 5.43. The lowest BCUT2D eigenvalue weighted by Gasteiger charge is -2.07. The van der Waals surface area contributed by atoms with Gasteiger partial charge >= 0.3 is 0 Å². The van der Waals surface area contributed by atoms with Crippen molar-refractivity contribution in [3.8, 4) is 0 Å². The molecule has 1 aromatic carbocycles. The summed E-state index contributed by atoms with van der Waals surface area (Å²) in [5.74, 6) is 0.512. The summed E-state index contributed by atoms with van der Waals surface area (Å²) in [4.78, 5) is 8.82. The summed E-state index contributed by atoms with van der Waals surface area (Å²) >= 11 is 1.16. The molecular formula is C11H13N5O2S2. The molecule has 0 amide bonds. The van der Waals surface area contributed by atoms with Crippen LogP contribution in [0.15, 0.2) is 39.2 Å². The number of hydrogen-bond donors (Lipinski definition) is 3. The zero-order valence-corrected chi connectivity index (χ0v) is 12.2. The van der Waals surface area contributed by atoms with E-state index in [0.717, 1.165) is 18.0 Å². The second kappa shape index (κ2) is 5.17. The molecule has 0 aliphatic heterocycles. The van der Waals surface area contributed by atoms with E-state index in [1.807, 2.05) is 0 Å². The topological polar surface area (TPSA) is 138 Å². The molecule has 20 heavy (non-hydrogen) atoms. The highest BCUT2D eigenvalue weighted by Crippen LogP contribution is 2.32. The van der Waals surface area contributed by atoms with Crippen molar-refractivity contribution in [3.05, 3.63) is 24.3 Å². The Labute approximate surface area is 120 Å². The van der Waals surface area contributed by atoms with E-state index >= 15 is 0 Å². The number of hydrogen-bond acceptors (Lipinski definition) is 8. The number of benzene rings is 1. The number of nitrogen functional groups attached to an aromatic ring is 3. The molecule has 0 aliphatic carbocycles. The van der Waals surface area contributed by atoms with Gasteiger partial charge in [0.1, 0.15) is 11.6 Å². The number of aromatic nitrogens is 2. The van der Waals surface area contributed by atoms with Gasteiger partial charge < -0.3 is 17.2 Å². The molecule has 7 nitrogen and oxygen atoms in total. The fourth-order valence-electron chi connectivity index (χ4n) is 1.46. The van der Waals surface area contributed by atoms with Crippen LogP contribution >= 0.6 is 11.8 Å². The first-order valence-corrected chi connectivity index (χ1v) is 8.14. The van der Waals surface area contributed by atoms with E-state index < -0.39 is 9.84 Å². The Balaban J connectivity index is 2.35. The second-order valence-electron chi connectivity index (χ2n) is 4.07. The van der Waals surface area contributed by atoms with Crippen LogP contribution in [0.25, 0.3) is 0 Å². The quantitative estimate of drug-likeness (QED) is 0.558. The number of anilines is 3. The van der Waals surface area contributed by atoms with Crippen molar-refractivity contribution in [1.29, 1.82) is 0 Å². The van der Waals surface area contributed by atoms with Crippen molar-refractivity contribution in [2.75, 3.05) is 23.5 Å². The van der Waals surface area contributed by atoms with Crippen LogP contribution in [0.2, 0.25) is 0 Å². The van der Waals surface area contributed by atoms with Crippen LogP contribution in [0.5, 0.6) is 0 Å². The average Bonchev–Trinajstić information content (AvgIpc) is 2.29. The zero-order valence-electron chi connectivity index (χ0n) is 10.6. The standard InChI is InChI=1S/C11H13N5O2S2/c1-20(17,18)6-2-3-8(7(12)4-6)19-11-15-9(13)5-10(14)16-11/h2-5H,12H2,1H3,(H4,13,14,15,16). The third-order valence-corrected chi connectivity index (χ3v) is 4.42. The molecule has 0 bridgehead atoms. The average molecular weight is 311 g/mol. The minimum Gasteiger partial charge on any atom is -0.398 e. The van der Waals surface area contributed by atoms with E-state index in [0.29, 0.717) is 15.7 Å². The van der Waals surface area contributed by atoms with E-state index in [1.54, 1.807) is 6.07 Å². The Bertz CT molecular complexity index is 741. The molecule has 9 heteroatoms. The lowest BCUT2D eigenvalue weighted by atomic mass is 10.3. The molecule has 0 atom stereocenters.